The molecule has 2 aromatic heterocycles. The first-order chi connectivity index (χ1) is 11.1. The third-order valence-corrected chi connectivity index (χ3v) is 3.31. The number of rotatable bonds is 3. The Bertz CT molecular complexity index is 844. The van der Waals surface area contributed by atoms with E-state index in [0.717, 1.165) is 12.1 Å². The molecule has 8 heteroatoms. The smallest absolute Gasteiger partial charge is 0.319 e. The lowest BCUT2D eigenvalue weighted by atomic mass is 10.1. The molecule has 0 aliphatic carbocycles. The molecule has 0 bridgehead atoms. The second kappa shape index (κ2) is 5.99. The monoisotopic (exact) mass is 317 g/mol. The van der Waals surface area contributed by atoms with Crippen LogP contribution in [0.4, 0.5) is 19.3 Å². The molecule has 1 atom stereocenters. The molecule has 1 aromatic carbocycles. The first-order valence-corrected chi connectivity index (χ1v) is 6.86. The molecule has 0 aliphatic rings. The number of halogens is 2. The molecule has 118 valence electrons. The third kappa shape index (κ3) is 2.96. The van der Waals surface area contributed by atoms with Crippen LogP contribution in [0, 0.1) is 11.6 Å². The average molecular weight is 317 g/mol. The fraction of sp³-hybridized carbons (Fsp3) is 0.133. The summed E-state index contributed by atoms with van der Waals surface area (Å²) in [5, 5.41) is 9.08. The summed E-state index contributed by atoms with van der Waals surface area (Å²) in [4.78, 5) is 16.1. The van der Waals surface area contributed by atoms with Crippen LogP contribution < -0.4 is 10.6 Å². The number of benzene rings is 1. The topological polar surface area (TPSA) is 71.3 Å². The lowest BCUT2D eigenvalue weighted by Gasteiger charge is -2.16. The van der Waals surface area contributed by atoms with Crippen molar-refractivity contribution in [3.63, 3.8) is 0 Å². The zero-order chi connectivity index (χ0) is 16.4. The van der Waals surface area contributed by atoms with Crippen LogP contribution in [0.5, 0.6) is 0 Å². The molecule has 2 N–H and O–H groups in total. The van der Waals surface area contributed by atoms with E-state index in [9.17, 15) is 13.6 Å². The van der Waals surface area contributed by atoms with E-state index in [4.69, 9.17) is 0 Å². The number of nitrogens with one attached hydrogen (secondary N) is 2. The molecule has 0 radical (unpaired) electrons. The van der Waals surface area contributed by atoms with E-state index in [1.54, 1.807) is 18.5 Å². The predicted octanol–water partition coefficient (Wildman–Crippen LogP) is 2.89. The number of amides is 2. The van der Waals surface area contributed by atoms with Crippen LogP contribution in [0.15, 0.2) is 42.9 Å². The van der Waals surface area contributed by atoms with Crippen LogP contribution in [-0.2, 0) is 0 Å². The number of carbonyl (C=O) groups excluding carboxylic acids is 1. The summed E-state index contributed by atoms with van der Waals surface area (Å²) >= 11 is 0. The molecule has 3 rings (SSSR count). The maximum atomic E-state index is 13.7. The lowest BCUT2D eigenvalue weighted by Crippen LogP contribution is -2.32. The van der Waals surface area contributed by atoms with Gasteiger partial charge in [0.05, 0.1) is 12.2 Å². The summed E-state index contributed by atoms with van der Waals surface area (Å²) in [7, 11) is 0. The van der Waals surface area contributed by atoms with E-state index >= 15 is 0 Å². The van der Waals surface area contributed by atoms with Crippen molar-refractivity contribution in [3.8, 4) is 0 Å². The van der Waals surface area contributed by atoms with Crippen molar-refractivity contribution in [1.82, 2.24) is 19.9 Å². The predicted molar refractivity (Wildman–Crippen MR) is 79.9 cm³/mol. The number of hydrogen-bond donors (Lipinski definition) is 2. The van der Waals surface area contributed by atoms with Crippen LogP contribution in [0.25, 0.3) is 5.65 Å². The summed E-state index contributed by atoms with van der Waals surface area (Å²) in [6.45, 7) is 1.50. The van der Waals surface area contributed by atoms with E-state index in [2.05, 4.69) is 20.7 Å². The second-order valence-corrected chi connectivity index (χ2v) is 4.90. The molecule has 23 heavy (non-hydrogen) atoms. The van der Waals surface area contributed by atoms with Gasteiger partial charge in [0.1, 0.15) is 17.3 Å². The van der Waals surface area contributed by atoms with Crippen LogP contribution in [-0.4, -0.2) is 20.6 Å². The van der Waals surface area contributed by atoms with E-state index < -0.39 is 23.7 Å². The number of anilines is 1. The van der Waals surface area contributed by atoms with Crippen molar-refractivity contribution in [2.24, 2.45) is 0 Å². The highest BCUT2D eigenvalue weighted by atomic mass is 19.1. The molecule has 2 amide bonds. The maximum Gasteiger partial charge on any atom is 0.319 e. The van der Waals surface area contributed by atoms with E-state index in [0.29, 0.717) is 11.3 Å². The number of urea groups is 1. The van der Waals surface area contributed by atoms with Gasteiger partial charge in [-0.3, -0.25) is 0 Å². The van der Waals surface area contributed by atoms with Gasteiger partial charge in [0.15, 0.2) is 5.65 Å². The molecule has 0 aliphatic heterocycles. The third-order valence-electron chi connectivity index (χ3n) is 3.31. The second-order valence-electron chi connectivity index (χ2n) is 4.90. The Kier molecular flexibility index (Phi) is 3.88. The summed E-state index contributed by atoms with van der Waals surface area (Å²) in [6.07, 6.45) is 4.69. The number of hydrogen-bond acceptors (Lipinski definition) is 3. The fourth-order valence-corrected chi connectivity index (χ4v) is 2.27. The molecule has 0 spiro atoms. The number of carbonyl (C=O) groups is 1. The van der Waals surface area contributed by atoms with Crippen LogP contribution in [0.2, 0.25) is 0 Å². The van der Waals surface area contributed by atoms with Gasteiger partial charge < -0.3 is 10.6 Å². The molecule has 6 nitrogen and oxygen atoms in total. The Hall–Kier alpha value is -3.03. The van der Waals surface area contributed by atoms with Crippen LogP contribution in [0.3, 0.4) is 0 Å². The average Bonchev–Trinajstić information content (AvgIpc) is 2.90. The quantitative estimate of drug-likeness (QED) is 0.780. The molecule has 0 saturated heterocycles. The zero-order valence-electron chi connectivity index (χ0n) is 12.1. The summed E-state index contributed by atoms with van der Waals surface area (Å²) in [6, 6.07) is 3.80. The summed E-state index contributed by atoms with van der Waals surface area (Å²) in [5.41, 5.74) is 0.664. The standard InChI is InChI=1S/C15H13F2N5O/c1-9(13-10(16)4-2-5-11(13)17)20-15(23)21-12-8-19-22-7-3-6-18-14(12)22/h2-9H,1H3,(H2,20,21,23). The van der Waals surface area contributed by atoms with Crippen LogP contribution in [0.1, 0.15) is 18.5 Å². The van der Waals surface area contributed by atoms with Gasteiger partial charge in [0.25, 0.3) is 0 Å². The van der Waals surface area contributed by atoms with Gasteiger partial charge in [-0.25, -0.2) is 23.1 Å². The van der Waals surface area contributed by atoms with Crippen molar-refractivity contribution in [2.45, 2.75) is 13.0 Å². The Morgan fingerprint density at radius 1 is 1.26 bits per heavy atom. The van der Waals surface area contributed by atoms with Gasteiger partial charge in [-0.15, -0.1) is 0 Å². The summed E-state index contributed by atoms with van der Waals surface area (Å²) < 4.78 is 28.9. The van der Waals surface area contributed by atoms with Crippen molar-refractivity contribution < 1.29 is 13.6 Å². The Morgan fingerprint density at radius 3 is 2.74 bits per heavy atom. The van der Waals surface area contributed by atoms with Gasteiger partial charge in [-0.2, -0.15) is 5.10 Å². The van der Waals surface area contributed by atoms with Gasteiger partial charge in [0.2, 0.25) is 0 Å². The normalized spacial score (nSPS) is 12.1. The Balaban J connectivity index is 1.74. The van der Waals surface area contributed by atoms with E-state index in [1.165, 1.54) is 23.7 Å². The Morgan fingerprint density at radius 2 is 2.00 bits per heavy atom. The van der Waals surface area contributed by atoms with Crippen molar-refractivity contribution in [2.75, 3.05) is 5.32 Å². The van der Waals surface area contributed by atoms with Crippen molar-refractivity contribution in [1.29, 1.82) is 0 Å². The number of fused-ring (bicyclic) bond motifs is 1. The van der Waals surface area contributed by atoms with E-state index in [1.807, 2.05) is 0 Å². The van der Waals surface area contributed by atoms with Gasteiger partial charge >= 0.3 is 6.03 Å². The molecule has 3 aromatic rings. The van der Waals surface area contributed by atoms with Crippen molar-refractivity contribution >= 4 is 17.4 Å². The highest BCUT2D eigenvalue weighted by Gasteiger charge is 2.18. The highest BCUT2D eigenvalue weighted by Crippen LogP contribution is 2.20. The zero-order valence-corrected chi connectivity index (χ0v) is 12.1. The van der Waals surface area contributed by atoms with E-state index in [-0.39, 0.29) is 5.56 Å². The minimum atomic E-state index is -0.842. The Labute approximate surface area is 130 Å². The minimum absolute atomic E-state index is 0.194. The first-order valence-electron chi connectivity index (χ1n) is 6.86. The fourth-order valence-electron chi connectivity index (χ4n) is 2.27. The van der Waals surface area contributed by atoms with Crippen molar-refractivity contribution in [3.05, 3.63) is 60.1 Å². The van der Waals surface area contributed by atoms with Gasteiger partial charge in [-0.05, 0) is 25.1 Å². The SMILES string of the molecule is CC(NC(=O)Nc1cnn2cccnc12)c1c(F)cccc1F. The molecule has 0 saturated carbocycles. The minimum Gasteiger partial charge on any atom is -0.331 e. The molecular formula is C15H13F2N5O. The number of aromatic nitrogens is 3. The molecule has 1 unspecified atom stereocenters. The first kappa shape index (κ1) is 14.9. The number of nitrogens with zero attached hydrogens (tertiary/aromatic N) is 3. The van der Waals surface area contributed by atoms with Crippen LogP contribution >= 0.6 is 0 Å². The lowest BCUT2D eigenvalue weighted by molar-refractivity contribution is 0.249. The largest absolute Gasteiger partial charge is 0.331 e. The van der Waals surface area contributed by atoms with Gasteiger partial charge in [0, 0.05) is 18.0 Å². The van der Waals surface area contributed by atoms with Gasteiger partial charge in [-0.1, -0.05) is 6.07 Å². The highest BCUT2D eigenvalue weighted by molar-refractivity contribution is 5.93. The molecular weight excluding hydrogens is 304 g/mol. The molecule has 0 fully saturated rings. The maximum absolute atomic E-state index is 13.7. The molecule has 2 heterocycles. The summed E-state index contributed by atoms with van der Waals surface area (Å²) in [5.74, 6) is -1.43.